The van der Waals surface area contributed by atoms with E-state index in [1.165, 1.54) is 0 Å². The Labute approximate surface area is 190 Å². The number of benzene rings is 2. The third kappa shape index (κ3) is 3.61. The van der Waals surface area contributed by atoms with Gasteiger partial charge in [-0.15, -0.1) is 0 Å². The van der Waals surface area contributed by atoms with Gasteiger partial charge in [-0.3, -0.25) is 14.5 Å². The molecule has 2 saturated heterocycles. The standard InChI is InChI=1S/C23H22Cl2N2O4/c24-15-3-1-14(2-4-15)22(30)27-12-18(19(28)13-27)26-9-7-23(8-10-26)21(29)17-6-5-16(25)11-20(17)31-23/h1-6,11,18-19,28H,7-10,12-13H2/t18-,19-/m1/s1. The van der Waals surface area contributed by atoms with E-state index in [-0.39, 0.29) is 24.3 Å². The number of β-amino-alcohol motifs (C(OH)–C–C–N with tert-alkyl or cyclic N) is 1. The molecule has 0 bridgehead atoms. The normalized spacial score (nSPS) is 25.0. The fraction of sp³-hybridized carbons (Fsp3) is 0.391. The first-order chi connectivity index (χ1) is 14.9. The summed E-state index contributed by atoms with van der Waals surface area (Å²) in [5.74, 6) is 0.435. The first-order valence-corrected chi connectivity index (χ1v) is 11.1. The van der Waals surface area contributed by atoms with Crippen LogP contribution in [0.4, 0.5) is 0 Å². The van der Waals surface area contributed by atoms with Gasteiger partial charge in [0, 0.05) is 54.6 Å². The molecule has 1 spiro atoms. The second-order valence-corrected chi connectivity index (χ2v) is 9.33. The number of carbonyl (C=O) groups is 2. The van der Waals surface area contributed by atoms with Crippen molar-refractivity contribution in [3.05, 3.63) is 63.6 Å². The molecule has 0 unspecified atom stereocenters. The van der Waals surface area contributed by atoms with Crippen LogP contribution in [0, 0.1) is 0 Å². The molecule has 31 heavy (non-hydrogen) atoms. The van der Waals surface area contributed by atoms with E-state index < -0.39 is 11.7 Å². The minimum absolute atomic E-state index is 0.00493. The monoisotopic (exact) mass is 460 g/mol. The van der Waals surface area contributed by atoms with E-state index in [2.05, 4.69) is 4.90 Å². The molecule has 5 rings (SSSR count). The molecule has 3 aliphatic rings. The van der Waals surface area contributed by atoms with Crippen molar-refractivity contribution >= 4 is 34.9 Å². The molecule has 8 heteroatoms. The maximum Gasteiger partial charge on any atom is 0.253 e. The van der Waals surface area contributed by atoms with Gasteiger partial charge in [-0.25, -0.2) is 0 Å². The summed E-state index contributed by atoms with van der Waals surface area (Å²) in [6.45, 7) is 1.95. The zero-order valence-electron chi connectivity index (χ0n) is 16.8. The lowest BCUT2D eigenvalue weighted by molar-refractivity contribution is -0.00328. The predicted molar refractivity (Wildman–Crippen MR) is 117 cm³/mol. The van der Waals surface area contributed by atoms with Crippen molar-refractivity contribution in [3.63, 3.8) is 0 Å². The lowest BCUT2D eigenvalue weighted by Crippen LogP contribution is -2.55. The van der Waals surface area contributed by atoms with Gasteiger partial charge in [-0.05, 0) is 42.5 Å². The molecule has 2 aromatic carbocycles. The Morgan fingerprint density at radius 1 is 1.03 bits per heavy atom. The largest absolute Gasteiger partial charge is 0.478 e. The van der Waals surface area contributed by atoms with E-state index in [0.717, 1.165) is 0 Å². The number of halogens is 2. The van der Waals surface area contributed by atoms with E-state index in [1.807, 2.05) is 0 Å². The van der Waals surface area contributed by atoms with Crippen molar-refractivity contribution in [2.45, 2.75) is 30.6 Å². The number of fused-ring (bicyclic) bond motifs is 1. The van der Waals surface area contributed by atoms with E-state index >= 15 is 0 Å². The fourth-order valence-corrected chi connectivity index (χ4v) is 5.17. The summed E-state index contributed by atoms with van der Waals surface area (Å²) in [7, 11) is 0. The molecule has 6 nitrogen and oxygen atoms in total. The highest BCUT2D eigenvalue weighted by atomic mass is 35.5. The van der Waals surface area contributed by atoms with Crippen LogP contribution in [-0.2, 0) is 0 Å². The first kappa shape index (κ1) is 20.8. The molecule has 2 fully saturated rings. The molecule has 2 aromatic rings. The SMILES string of the molecule is O=C(c1ccc(Cl)cc1)N1C[C@@H](O)[C@H](N2CCC3(CC2)Oc2cc(Cl)ccc2C3=O)C1. The summed E-state index contributed by atoms with van der Waals surface area (Å²) in [5, 5.41) is 11.8. The molecule has 0 saturated carbocycles. The number of rotatable bonds is 2. The van der Waals surface area contributed by atoms with Gasteiger partial charge in [0.15, 0.2) is 5.60 Å². The summed E-state index contributed by atoms with van der Waals surface area (Å²) in [4.78, 5) is 29.7. The van der Waals surface area contributed by atoms with Gasteiger partial charge in [-0.1, -0.05) is 23.2 Å². The molecule has 162 valence electrons. The van der Waals surface area contributed by atoms with Crippen molar-refractivity contribution in [3.8, 4) is 5.75 Å². The minimum atomic E-state index is -0.855. The summed E-state index contributed by atoms with van der Waals surface area (Å²) in [6, 6.07) is 11.7. The molecule has 1 N–H and O–H groups in total. The molecule has 2 atom stereocenters. The first-order valence-electron chi connectivity index (χ1n) is 10.4. The number of aliphatic hydroxyl groups is 1. The zero-order chi connectivity index (χ0) is 21.8. The molecule has 0 radical (unpaired) electrons. The van der Waals surface area contributed by atoms with Crippen LogP contribution in [0.3, 0.4) is 0 Å². The Morgan fingerprint density at radius 2 is 1.71 bits per heavy atom. The number of aliphatic hydroxyl groups excluding tert-OH is 1. The zero-order valence-corrected chi connectivity index (χ0v) is 18.3. The predicted octanol–water partition coefficient (Wildman–Crippen LogP) is 3.29. The maximum absolute atomic E-state index is 13.0. The maximum atomic E-state index is 13.0. The quantitative estimate of drug-likeness (QED) is 0.744. The van der Waals surface area contributed by atoms with Gasteiger partial charge in [-0.2, -0.15) is 0 Å². The molecular formula is C23H22Cl2N2O4. The third-order valence-electron chi connectivity index (χ3n) is 6.62. The number of carbonyl (C=O) groups excluding carboxylic acids is 2. The molecule has 3 heterocycles. The van der Waals surface area contributed by atoms with Crippen LogP contribution in [0.1, 0.15) is 33.6 Å². The Morgan fingerprint density at radius 3 is 2.42 bits per heavy atom. The lowest BCUT2D eigenvalue weighted by atomic mass is 9.85. The lowest BCUT2D eigenvalue weighted by Gasteiger charge is -2.40. The van der Waals surface area contributed by atoms with Crippen LogP contribution in [-0.4, -0.2) is 70.5 Å². The van der Waals surface area contributed by atoms with Crippen LogP contribution in [0.15, 0.2) is 42.5 Å². The average Bonchev–Trinajstić information content (AvgIpc) is 3.27. The van der Waals surface area contributed by atoms with Crippen LogP contribution in [0.25, 0.3) is 0 Å². The van der Waals surface area contributed by atoms with Gasteiger partial charge in [0.1, 0.15) is 5.75 Å². The number of ether oxygens (including phenoxy) is 1. The van der Waals surface area contributed by atoms with Crippen LogP contribution < -0.4 is 4.74 Å². The van der Waals surface area contributed by atoms with Crippen molar-refractivity contribution in [1.82, 2.24) is 9.80 Å². The highest BCUT2D eigenvalue weighted by molar-refractivity contribution is 6.31. The smallest absolute Gasteiger partial charge is 0.253 e. The number of Topliss-reactive ketones (excluding diaryl/α,β-unsaturated/α-hetero) is 1. The number of hydrogen-bond acceptors (Lipinski definition) is 5. The summed E-state index contributed by atoms with van der Waals surface area (Å²) in [5.41, 5.74) is 0.279. The highest BCUT2D eigenvalue weighted by Gasteiger charge is 2.51. The Kier molecular flexibility index (Phi) is 5.21. The highest BCUT2D eigenvalue weighted by Crippen LogP contribution is 2.42. The number of nitrogens with zero attached hydrogens (tertiary/aromatic N) is 2. The molecule has 1 amide bonds. The average molecular weight is 461 g/mol. The van der Waals surface area contributed by atoms with Crippen molar-refractivity contribution in [2.75, 3.05) is 26.2 Å². The number of likely N-dealkylation sites (tertiary alicyclic amines) is 2. The minimum Gasteiger partial charge on any atom is -0.478 e. The molecule has 0 aliphatic carbocycles. The second kappa shape index (κ2) is 7.78. The van der Waals surface area contributed by atoms with Crippen LogP contribution in [0.2, 0.25) is 10.0 Å². The van der Waals surface area contributed by atoms with Gasteiger partial charge in [0.25, 0.3) is 5.91 Å². The number of ketones is 1. The summed E-state index contributed by atoms with van der Waals surface area (Å²) >= 11 is 12.0. The fourth-order valence-electron chi connectivity index (χ4n) is 4.89. The third-order valence-corrected chi connectivity index (χ3v) is 7.11. The van der Waals surface area contributed by atoms with E-state index in [4.69, 9.17) is 27.9 Å². The molecule has 0 aromatic heterocycles. The van der Waals surface area contributed by atoms with Gasteiger partial charge >= 0.3 is 0 Å². The van der Waals surface area contributed by atoms with Gasteiger partial charge in [0.05, 0.1) is 17.7 Å². The van der Waals surface area contributed by atoms with Crippen LogP contribution in [0.5, 0.6) is 5.75 Å². The number of amides is 1. The Balaban J connectivity index is 1.24. The number of hydrogen-bond donors (Lipinski definition) is 1. The second-order valence-electron chi connectivity index (χ2n) is 8.45. The van der Waals surface area contributed by atoms with Gasteiger partial charge in [0.2, 0.25) is 5.78 Å². The topological polar surface area (TPSA) is 70.1 Å². The van der Waals surface area contributed by atoms with Crippen LogP contribution >= 0.6 is 23.2 Å². The Hall–Kier alpha value is -2.12. The van der Waals surface area contributed by atoms with E-state index in [0.29, 0.717) is 59.4 Å². The van der Waals surface area contributed by atoms with Crippen molar-refractivity contribution in [1.29, 1.82) is 0 Å². The number of piperidine rings is 1. The van der Waals surface area contributed by atoms with Gasteiger partial charge < -0.3 is 14.7 Å². The molecule has 3 aliphatic heterocycles. The van der Waals surface area contributed by atoms with E-state index in [1.54, 1.807) is 47.4 Å². The summed E-state index contributed by atoms with van der Waals surface area (Å²) in [6.07, 6.45) is 0.431. The molecular weight excluding hydrogens is 439 g/mol. The van der Waals surface area contributed by atoms with Crippen molar-refractivity contribution in [2.24, 2.45) is 0 Å². The Bertz CT molecular complexity index is 1030. The van der Waals surface area contributed by atoms with E-state index in [9.17, 15) is 14.7 Å². The van der Waals surface area contributed by atoms with Crippen molar-refractivity contribution < 1.29 is 19.4 Å². The summed E-state index contributed by atoms with van der Waals surface area (Å²) < 4.78 is 6.09.